The molecule has 0 unspecified atom stereocenters. The molecule has 0 atom stereocenters. The SMILES string of the molecule is CCCNc1ccc(C(=O)NCCCC(=O)COCCC)cc1. The van der Waals surface area contributed by atoms with E-state index in [2.05, 4.69) is 17.6 Å². The van der Waals surface area contributed by atoms with E-state index in [0.29, 0.717) is 31.6 Å². The van der Waals surface area contributed by atoms with E-state index in [-0.39, 0.29) is 18.3 Å². The first-order valence-electron chi connectivity index (χ1n) is 8.39. The van der Waals surface area contributed by atoms with Crippen molar-refractivity contribution in [2.45, 2.75) is 39.5 Å². The molecule has 0 heterocycles. The molecule has 2 N–H and O–H groups in total. The second-order valence-corrected chi connectivity index (χ2v) is 5.45. The van der Waals surface area contributed by atoms with Crippen LogP contribution in [0, 0.1) is 0 Å². The van der Waals surface area contributed by atoms with Crippen molar-refractivity contribution in [2.75, 3.05) is 31.6 Å². The van der Waals surface area contributed by atoms with Gasteiger partial charge in [0.1, 0.15) is 6.61 Å². The van der Waals surface area contributed by atoms with Gasteiger partial charge in [-0.05, 0) is 43.5 Å². The molecule has 5 heteroatoms. The molecule has 0 aliphatic rings. The molecule has 1 rings (SSSR count). The Morgan fingerprint density at radius 2 is 1.78 bits per heavy atom. The molecule has 5 nitrogen and oxygen atoms in total. The largest absolute Gasteiger partial charge is 0.385 e. The van der Waals surface area contributed by atoms with Crippen LogP contribution in [-0.2, 0) is 9.53 Å². The molecule has 0 saturated heterocycles. The van der Waals surface area contributed by atoms with E-state index in [4.69, 9.17) is 4.74 Å². The molecule has 0 radical (unpaired) electrons. The first kappa shape index (κ1) is 19.2. The van der Waals surface area contributed by atoms with Crippen LogP contribution in [0.1, 0.15) is 49.9 Å². The average molecular weight is 320 g/mol. The molecule has 0 saturated carbocycles. The fourth-order valence-electron chi connectivity index (χ4n) is 2.00. The summed E-state index contributed by atoms with van der Waals surface area (Å²) in [6.07, 6.45) is 3.04. The van der Waals surface area contributed by atoms with Gasteiger partial charge in [0.05, 0.1) is 0 Å². The van der Waals surface area contributed by atoms with Crippen molar-refractivity contribution in [3.63, 3.8) is 0 Å². The first-order valence-corrected chi connectivity index (χ1v) is 8.39. The van der Waals surface area contributed by atoms with Crippen LogP contribution >= 0.6 is 0 Å². The van der Waals surface area contributed by atoms with Crippen molar-refractivity contribution in [3.8, 4) is 0 Å². The molecule has 0 aliphatic heterocycles. The van der Waals surface area contributed by atoms with Crippen LogP contribution in [0.4, 0.5) is 5.69 Å². The first-order chi connectivity index (χ1) is 11.2. The maximum atomic E-state index is 12.0. The summed E-state index contributed by atoms with van der Waals surface area (Å²) in [5, 5.41) is 6.10. The van der Waals surface area contributed by atoms with E-state index in [9.17, 15) is 9.59 Å². The number of amides is 1. The number of ketones is 1. The second kappa shape index (κ2) is 11.7. The van der Waals surface area contributed by atoms with Crippen LogP contribution < -0.4 is 10.6 Å². The van der Waals surface area contributed by atoms with Crippen molar-refractivity contribution < 1.29 is 14.3 Å². The van der Waals surface area contributed by atoms with Gasteiger partial charge in [0.15, 0.2) is 5.78 Å². The number of carbonyl (C=O) groups is 2. The Balaban J connectivity index is 2.22. The summed E-state index contributed by atoms with van der Waals surface area (Å²) < 4.78 is 5.19. The standard InChI is InChI=1S/C18H28N2O3/c1-3-11-19-16-9-7-15(8-10-16)18(22)20-12-5-6-17(21)14-23-13-4-2/h7-10,19H,3-6,11-14H2,1-2H3,(H,20,22). The maximum Gasteiger partial charge on any atom is 0.251 e. The Hall–Kier alpha value is -1.88. The lowest BCUT2D eigenvalue weighted by atomic mass is 10.2. The van der Waals surface area contributed by atoms with Crippen LogP contribution in [0.2, 0.25) is 0 Å². The van der Waals surface area contributed by atoms with Crippen LogP contribution in [-0.4, -0.2) is 38.0 Å². The molecule has 1 amide bonds. The lowest BCUT2D eigenvalue weighted by molar-refractivity contribution is -0.123. The van der Waals surface area contributed by atoms with Crippen molar-refractivity contribution in [1.82, 2.24) is 5.32 Å². The van der Waals surface area contributed by atoms with Gasteiger partial charge >= 0.3 is 0 Å². The van der Waals surface area contributed by atoms with E-state index >= 15 is 0 Å². The van der Waals surface area contributed by atoms with Gasteiger partial charge in [-0.3, -0.25) is 9.59 Å². The zero-order valence-electron chi connectivity index (χ0n) is 14.2. The van der Waals surface area contributed by atoms with E-state index in [1.165, 1.54) is 0 Å². The zero-order valence-corrected chi connectivity index (χ0v) is 14.2. The van der Waals surface area contributed by atoms with Crippen LogP contribution in [0.15, 0.2) is 24.3 Å². The van der Waals surface area contributed by atoms with E-state index < -0.39 is 0 Å². The number of hydrogen-bond donors (Lipinski definition) is 2. The number of anilines is 1. The third-order valence-electron chi connectivity index (χ3n) is 3.26. The van der Waals surface area contributed by atoms with Crippen molar-refractivity contribution in [1.29, 1.82) is 0 Å². The molecule has 0 aromatic heterocycles. The summed E-state index contributed by atoms with van der Waals surface area (Å²) in [6.45, 7) is 6.32. The maximum absolute atomic E-state index is 12.0. The van der Waals surface area contributed by atoms with Crippen molar-refractivity contribution in [2.24, 2.45) is 0 Å². The molecule has 1 aromatic rings. The fourth-order valence-corrected chi connectivity index (χ4v) is 2.00. The van der Waals surface area contributed by atoms with Gasteiger partial charge in [0.25, 0.3) is 5.91 Å². The molecule has 0 aliphatic carbocycles. The van der Waals surface area contributed by atoms with Crippen LogP contribution in [0.3, 0.4) is 0 Å². The summed E-state index contributed by atoms with van der Waals surface area (Å²) in [6, 6.07) is 7.41. The zero-order chi connectivity index (χ0) is 16.9. The summed E-state index contributed by atoms with van der Waals surface area (Å²) in [4.78, 5) is 23.5. The highest BCUT2D eigenvalue weighted by Gasteiger charge is 2.06. The molecule has 1 aromatic carbocycles. The van der Waals surface area contributed by atoms with Gasteiger partial charge in [-0.15, -0.1) is 0 Å². The number of nitrogens with one attached hydrogen (secondary N) is 2. The van der Waals surface area contributed by atoms with E-state index in [1.54, 1.807) is 12.1 Å². The molecule has 23 heavy (non-hydrogen) atoms. The Morgan fingerprint density at radius 3 is 2.43 bits per heavy atom. The monoisotopic (exact) mass is 320 g/mol. The quantitative estimate of drug-likeness (QED) is 0.581. The molecule has 0 fully saturated rings. The number of ether oxygens (including phenoxy) is 1. The van der Waals surface area contributed by atoms with Gasteiger partial charge in [0.2, 0.25) is 0 Å². The molecule has 128 valence electrons. The van der Waals surface area contributed by atoms with Crippen molar-refractivity contribution in [3.05, 3.63) is 29.8 Å². The average Bonchev–Trinajstić information content (AvgIpc) is 2.57. The topological polar surface area (TPSA) is 67.4 Å². The Kier molecular flexibility index (Phi) is 9.71. The normalized spacial score (nSPS) is 10.3. The highest BCUT2D eigenvalue weighted by Crippen LogP contribution is 2.09. The van der Waals surface area contributed by atoms with Crippen molar-refractivity contribution >= 4 is 17.4 Å². The number of hydrogen-bond acceptors (Lipinski definition) is 4. The molecular weight excluding hydrogens is 292 g/mol. The smallest absolute Gasteiger partial charge is 0.251 e. The van der Waals surface area contributed by atoms with Gasteiger partial charge in [-0.25, -0.2) is 0 Å². The lowest BCUT2D eigenvalue weighted by Gasteiger charge is -2.07. The van der Waals surface area contributed by atoms with Gasteiger partial charge < -0.3 is 15.4 Å². The van der Waals surface area contributed by atoms with E-state index in [1.807, 2.05) is 19.1 Å². The summed E-state index contributed by atoms with van der Waals surface area (Å²) >= 11 is 0. The van der Waals surface area contributed by atoms with Gasteiger partial charge in [0, 0.05) is 37.4 Å². The Labute approximate surface area is 138 Å². The minimum absolute atomic E-state index is 0.0825. The van der Waals surface area contributed by atoms with Gasteiger partial charge in [-0.1, -0.05) is 13.8 Å². The van der Waals surface area contributed by atoms with Crippen LogP contribution in [0.5, 0.6) is 0 Å². The predicted octanol–water partition coefficient (Wildman–Crippen LogP) is 3.01. The van der Waals surface area contributed by atoms with Crippen LogP contribution in [0.25, 0.3) is 0 Å². The molecular formula is C18H28N2O3. The summed E-state index contributed by atoms with van der Waals surface area (Å²) in [5.41, 5.74) is 1.64. The minimum Gasteiger partial charge on any atom is -0.385 e. The number of benzene rings is 1. The highest BCUT2D eigenvalue weighted by molar-refractivity contribution is 5.94. The van der Waals surface area contributed by atoms with Gasteiger partial charge in [-0.2, -0.15) is 0 Å². The van der Waals surface area contributed by atoms with E-state index in [0.717, 1.165) is 25.1 Å². The Morgan fingerprint density at radius 1 is 1.04 bits per heavy atom. The highest BCUT2D eigenvalue weighted by atomic mass is 16.5. The summed E-state index contributed by atoms with van der Waals surface area (Å²) in [5.74, 6) is -0.0271. The second-order valence-electron chi connectivity index (χ2n) is 5.45. The third-order valence-corrected chi connectivity index (χ3v) is 3.26. The fraction of sp³-hybridized carbons (Fsp3) is 0.556. The number of Topliss-reactive ketones (excluding diaryl/α,β-unsaturated/α-hetero) is 1. The minimum atomic E-state index is -0.110. The number of rotatable bonds is 12. The number of carbonyl (C=O) groups excluding carboxylic acids is 2. The Bertz CT molecular complexity index is 472. The lowest BCUT2D eigenvalue weighted by Crippen LogP contribution is -2.25. The molecule has 0 bridgehead atoms. The molecule has 0 spiro atoms. The third kappa shape index (κ3) is 8.35. The predicted molar refractivity (Wildman–Crippen MR) is 92.9 cm³/mol. The summed E-state index contributed by atoms with van der Waals surface area (Å²) in [7, 11) is 0.